The van der Waals surface area contributed by atoms with E-state index in [1.807, 2.05) is 0 Å². The molecular weight excluding hydrogens is 239 g/mol. The first-order valence-electron chi connectivity index (χ1n) is 4.67. The van der Waals surface area contributed by atoms with Gasteiger partial charge in [0.15, 0.2) is 11.6 Å². The second kappa shape index (κ2) is 5.42. The Balaban J connectivity index is 3.15. The molecule has 0 aliphatic heterocycles. The molecule has 0 fully saturated rings. The predicted octanol–water partition coefficient (Wildman–Crippen LogP) is 2.19. The third-order valence-corrected chi connectivity index (χ3v) is 1.83. The van der Waals surface area contributed by atoms with E-state index >= 15 is 0 Å². The maximum absolute atomic E-state index is 13.6. The van der Waals surface area contributed by atoms with Gasteiger partial charge in [-0.25, -0.2) is 9.18 Å². The zero-order valence-corrected chi connectivity index (χ0v) is 8.88. The maximum atomic E-state index is 13.6. The van der Waals surface area contributed by atoms with Gasteiger partial charge in [0.1, 0.15) is 5.56 Å². The van der Waals surface area contributed by atoms with Gasteiger partial charge in [0.05, 0.1) is 6.61 Å². The minimum absolute atomic E-state index is 0.0116. The van der Waals surface area contributed by atoms with Crippen LogP contribution in [0.15, 0.2) is 12.1 Å². The van der Waals surface area contributed by atoms with Crippen molar-refractivity contribution in [2.45, 2.75) is 13.5 Å². The van der Waals surface area contributed by atoms with E-state index in [1.54, 1.807) is 0 Å². The molecule has 0 spiro atoms. The van der Waals surface area contributed by atoms with E-state index in [-0.39, 0.29) is 12.3 Å². The van der Waals surface area contributed by atoms with E-state index in [4.69, 9.17) is 5.73 Å². The third kappa shape index (κ3) is 3.02. The highest BCUT2D eigenvalue weighted by Crippen LogP contribution is 2.27. The van der Waals surface area contributed by atoms with Gasteiger partial charge in [0.2, 0.25) is 0 Å². The first kappa shape index (κ1) is 13.1. The van der Waals surface area contributed by atoms with Crippen LogP contribution >= 0.6 is 0 Å². The van der Waals surface area contributed by atoms with Gasteiger partial charge in [-0.2, -0.15) is 8.78 Å². The summed E-state index contributed by atoms with van der Waals surface area (Å²) in [7, 11) is 0. The quantitative estimate of drug-likeness (QED) is 0.656. The van der Waals surface area contributed by atoms with Crippen LogP contribution in [0.2, 0.25) is 0 Å². The molecule has 0 aliphatic carbocycles. The molecule has 0 aliphatic rings. The largest absolute Gasteiger partial charge is 0.462 e. The van der Waals surface area contributed by atoms with Crippen LogP contribution in [0.4, 0.5) is 18.9 Å². The minimum atomic E-state index is -3.19. The fourth-order valence-corrected chi connectivity index (χ4v) is 1.17. The highest BCUT2D eigenvalue weighted by Gasteiger charge is 2.22. The van der Waals surface area contributed by atoms with Crippen molar-refractivity contribution in [2.75, 3.05) is 12.3 Å². The average Bonchev–Trinajstić information content (AvgIpc) is 2.22. The number of benzene rings is 1. The molecule has 2 N–H and O–H groups in total. The third-order valence-electron chi connectivity index (χ3n) is 1.83. The Morgan fingerprint density at radius 1 is 1.47 bits per heavy atom. The van der Waals surface area contributed by atoms with Crippen LogP contribution in [0, 0.1) is 5.82 Å². The molecule has 1 aromatic carbocycles. The summed E-state index contributed by atoms with van der Waals surface area (Å²) in [6.45, 7) is -1.66. The van der Waals surface area contributed by atoms with Crippen molar-refractivity contribution >= 4 is 11.7 Å². The average molecular weight is 249 g/mol. The molecule has 0 heterocycles. The van der Waals surface area contributed by atoms with Gasteiger partial charge in [-0.1, -0.05) is 0 Å². The van der Waals surface area contributed by atoms with Crippen LogP contribution in [-0.2, 0) is 4.74 Å². The molecule has 0 unspecified atom stereocenters. The number of carbonyl (C=O) groups excluding carboxylic acids is 1. The lowest BCUT2D eigenvalue weighted by molar-refractivity contribution is -0.0523. The Bertz CT molecular complexity index is 424. The van der Waals surface area contributed by atoms with E-state index in [9.17, 15) is 18.0 Å². The normalized spacial score (nSPS) is 10.4. The molecule has 17 heavy (non-hydrogen) atoms. The summed E-state index contributed by atoms with van der Waals surface area (Å²) >= 11 is 0. The van der Waals surface area contributed by atoms with E-state index in [1.165, 1.54) is 6.92 Å². The van der Waals surface area contributed by atoms with Crippen molar-refractivity contribution in [3.63, 3.8) is 0 Å². The second-order valence-corrected chi connectivity index (χ2v) is 2.94. The van der Waals surface area contributed by atoms with Gasteiger partial charge in [0.25, 0.3) is 0 Å². The molecule has 0 amide bonds. The standard InChI is InChI=1S/C10H10F3NO3/c1-2-16-9(15)7-5(14)3-4-6(8(7)11)17-10(12)13/h3-4,10H,2,14H2,1H3. The number of nitrogens with two attached hydrogens (primary N) is 1. The lowest BCUT2D eigenvalue weighted by Gasteiger charge is -2.10. The molecule has 1 rings (SSSR count). The predicted molar refractivity (Wildman–Crippen MR) is 53.4 cm³/mol. The van der Waals surface area contributed by atoms with E-state index in [0.29, 0.717) is 0 Å². The van der Waals surface area contributed by atoms with Crippen LogP contribution in [0.3, 0.4) is 0 Å². The van der Waals surface area contributed by atoms with Crippen LogP contribution < -0.4 is 10.5 Å². The number of esters is 1. The fourth-order valence-electron chi connectivity index (χ4n) is 1.17. The summed E-state index contributed by atoms with van der Waals surface area (Å²) in [5.74, 6) is -3.04. The Labute approximate surface area is 95.1 Å². The molecule has 0 saturated carbocycles. The molecule has 0 aromatic heterocycles. The van der Waals surface area contributed by atoms with E-state index in [0.717, 1.165) is 12.1 Å². The highest BCUT2D eigenvalue weighted by atomic mass is 19.3. The first-order valence-corrected chi connectivity index (χ1v) is 4.67. The Morgan fingerprint density at radius 3 is 2.65 bits per heavy atom. The van der Waals surface area contributed by atoms with Crippen molar-refractivity contribution in [3.05, 3.63) is 23.5 Å². The second-order valence-electron chi connectivity index (χ2n) is 2.94. The number of carbonyl (C=O) groups is 1. The van der Waals surface area contributed by atoms with Crippen molar-refractivity contribution in [1.29, 1.82) is 0 Å². The van der Waals surface area contributed by atoms with E-state index in [2.05, 4.69) is 9.47 Å². The smallest absolute Gasteiger partial charge is 0.387 e. The number of ether oxygens (including phenoxy) is 2. The number of nitrogen functional groups attached to an aromatic ring is 1. The topological polar surface area (TPSA) is 61.5 Å². The molecule has 0 saturated heterocycles. The molecule has 4 nitrogen and oxygen atoms in total. The Kier molecular flexibility index (Phi) is 4.19. The minimum Gasteiger partial charge on any atom is -0.462 e. The number of halogens is 3. The molecule has 7 heteroatoms. The lowest BCUT2D eigenvalue weighted by Crippen LogP contribution is -2.13. The van der Waals surface area contributed by atoms with Crippen molar-refractivity contribution < 1.29 is 27.4 Å². The van der Waals surface area contributed by atoms with Gasteiger partial charge in [-0.3, -0.25) is 0 Å². The van der Waals surface area contributed by atoms with Crippen LogP contribution in [0.5, 0.6) is 5.75 Å². The molecule has 0 atom stereocenters. The number of hydrogen-bond donors (Lipinski definition) is 1. The van der Waals surface area contributed by atoms with Crippen LogP contribution in [0.1, 0.15) is 17.3 Å². The Morgan fingerprint density at radius 2 is 2.12 bits per heavy atom. The number of anilines is 1. The summed E-state index contributed by atoms with van der Waals surface area (Å²) < 4.78 is 46.0. The lowest BCUT2D eigenvalue weighted by atomic mass is 10.1. The summed E-state index contributed by atoms with van der Waals surface area (Å²) in [6.07, 6.45) is 0. The Hall–Kier alpha value is -1.92. The zero-order valence-electron chi connectivity index (χ0n) is 8.88. The number of hydrogen-bond acceptors (Lipinski definition) is 4. The van der Waals surface area contributed by atoms with Crippen molar-refractivity contribution in [3.8, 4) is 5.75 Å². The van der Waals surface area contributed by atoms with Crippen LogP contribution in [-0.4, -0.2) is 19.2 Å². The van der Waals surface area contributed by atoms with Gasteiger partial charge < -0.3 is 15.2 Å². The summed E-state index contributed by atoms with van der Waals surface area (Å²) in [4.78, 5) is 11.3. The summed E-state index contributed by atoms with van der Waals surface area (Å²) in [5.41, 5.74) is 4.56. The SMILES string of the molecule is CCOC(=O)c1c(N)ccc(OC(F)F)c1F. The van der Waals surface area contributed by atoms with Gasteiger partial charge >= 0.3 is 12.6 Å². The maximum Gasteiger partial charge on any atom is 0.387 e. The molecule has 0 radical (unpaired) electrons. The monoisotopic (exact) mass is 249 g/mol. The van der Waals surface area contributed by atoms with Gasteiger partial charge in [-0.15, -0.1) is 0 Å². The number of alkyl halides is 2. The molecular formula is C10H10F3NO3. The highest BCUT2D eigenvalue weighted by molar-refractivity contribution is 5.95. The van der Waals surface area contributed by atoms with Crippen LogP contribution in [0.25, 0.3) is 0 Å². The van der Waals surface area contributed by atoms with Crippen molar-refractivity contribution in [1.82, 2.24) is 0 Å². The zero-order chi connectivity index (χ0) is 13.0. The summed E-state index contributed by atoms with van der Waals surface area (Å²) in [6, 6.07) is 2.01. The molecule has 1 aromatic rings. The molecule has 0 bridgehead atoms. The van der Waals surface area contributed by atoms with Gasteiger partial charge in [-0.05, 0) is 19.1 Å². The number of rotatable bonds is 4. The van der Waals surface area contributed by atoms with Crippen molar-refractivity contribution in [2.24, 2.45) is 0 Å². The van der Waals surface area contributed by atoms with E-state index < -0.39 is 29.7 Å². The summed E-state index contributed by atoms with van der Waals surface area (Å²) in [5, 5.41) is 0. The van der Waals surface area contributed by atoms with Gasteiger partial charge in [0, 0.05) is 5.69 Å². The fraction of sp³-hybridized carbons (Fsp3) is 0.300. The first-order chi connectivity index (χ1) is 7.97. The molecule has 94 valence electrons.